The highest BCUT2D eigenvalue weighted by atomic mass is 35.5. The Kier molecular flexibility index (Phi) is 4.91. The SMILES string of the molecule is Cl.NC1(C(=O)N2CCC(C(O)c3ccccc3)CC2)CC1. The fourth-order valence-electron chi connectivity index (χ4n) is 3.00. The number of amides is 1. The van der Waals surface area contributed by atoms with Crippen molar-refractivity contribution in [3.63, 3.8) is 0 Å². The van der Waals surface area contributed by atoms with Crippen LogP contribution < -0.4 is 5.73 Å². The minimum atomic E-state index is -0.565. The van der Waals surface area contributed by atoms with Crippen molar-refractivity contribution >= 4 is 18.3 Å². The van der Waals surface area contributed by atoms with E-state index >= 15 is 0 Å². The first-order chi connectivity index (χ1) is 9.60. The van der Waals surface area contributed by atoms with Gasteiger partial charge in [0, 0.05) is 13.1 Å². The lowest BCUT2D eigenvalue weighted by molar-refractivity contribution is -0.135. The number of halogens is 1. The summed E-state index contributed by atoms with van der Waals surface area (Å²) in [7, 11) is 0. The molecule has 4 nitrogen and oxygen atoms in total. The minimum absolute atomic E-state index is 0. The van der Waals surface area contributed by atoms with Crippen LogP contribution in [0.1, 0.15) is 37.4 Å². The third kappa shape index (κ3) is 3.39. The summed E-state index contributed by atoms with van der Waals surface area (Å²) in [5.41, 5.74) is 6.37. The first-order valence-electron chi connectivity index (χ1n) is 7.41. The van der Waals surface area contributed by atoms with E-state index < -0.39 is 11.6 Å². The van der Waals surface area contributed by atoms with Crippen molar-refractivity contribution in [2.45, 2.75) is 37.3 Å². The summed E-state index contributed by atoms with van der Waals surface area (Å²) in [6.07, 6.45) is 2.90. The Morgan fingerprint density at radius 1 is 1.24 bits per heavy atom. The van der Waals surface area contributed by atoms with E-state index in [1.165, 1.54) is 0 Å². The molecule has 1 aromatic rings. The van der Waals surface area contributed by atoms with Gasteiger partial charge in [-0.3, -0.25) is 4.79 Å². The Balaban J connectivity index is 0.00000161. The molecule has 1 aliphatic carbocycles. The van der Waals surface area contributed by atoms with Crippen LogP contribution in [-0.4, -0.2) is 34.5 Å². The summed E-state index contributed by atoms with van der Waals surface area (Å²) in [5, 5.41) is 10.4. The molecule has 3 rings (SSSR count). The lowest BCUT2D eigenvalue weighted by atomic mass is 9.87. The normalized spacial score (nSPS) is 22.3. The molecule has 116 valence electrons. The summed E-state index contributed by atoms with van der Waals surface area (Å²) < 4.78 is 0. The van der Waals surface area contributed by atoms with Gasteiger partial charge in [-0.2, -0.15) is 0 Å². The van der Waals surface area contributed by atoms with Gasteiger partial charge in [0.05, 0.1) is 11.6 Å². The zero-order chi connectivity index (χ0) is 14.2. The van der Waals surface area contributed by atoms with Crippen molar-refractivity contribution in [3.05, 3.63) is 35.9 Å². The number of nitrogens with two attached hydrogens (primary N) is 1. The smallest absolute Gasteiger partial charge is 0.242 e. The van der Waals surface area contributed by atoms with Crippen LogP contribution in [0, 0.1) is 5.92 Å². The molecule has 2 fully saturated rings. The van der Waals surface area contributed by atoms with Crippen LogP contribution in [0.4, 0.5) is 0 Å². The number of hydrogen-bond donors (Lipinski definition) is 2. The molecule has 1 saturated heterocycles. The van der Waals surface area contributed by atoms with Crippen molar-refractivity contribution in [2.75, 3.05) is 13.1 Å². The lowest BCUT2D eigenvalue weighted by Gasteiger charge is -2.35. The monoisotopic (exact) mass is 310 g/mol. The Morgan fingerprint density at radius 2 is 1.81 bits per heavy atom. The molecule has 0 radical (unpaired) electrons. The van der Waals surface area contributed by atoms with Gasteiger partial charge in [0.2, 0.25) is 5.91 Å². The van der Waals surface area contributed by atoms with E-state index in [2.05, 4.69) is 0 Å². The number of carbonyl (C=O) groups is 1. The van der Waals surface area contributed by atoms with E-state index in [0.717, 1.165) is 31.2 Å². The minimum Gasteiger partial charge on any atom is -0.388 e. The predicted octanol–water partition coefficient (Wildman–Crippen LogP) is 1.87. The zero-order valence-corrected chi connectivity index (χ0v) is 12.9. The van der Waals surface area contributed by atoms with Gasteiger partial charge in [0.25, 0.3) is 0 Å². The molecule has 1 aliphatic heterocycles. The Hall–Kier alpha value is -1.10. The molecule has 1 saturated carbocycles. The Bertz CT molecular complexity index is 482. The second kappa shape index (κ2) is 6.34. The summed E-state index contributed by atoms with van der Waals surface area (Å²) in [5.74, 6) is 0.333. The third-order valence-corrected chi connectivity index (χ3v) is 4.63. The summed E-state index contributed by atoms with van der Waals surface area (Å²) in [4.78, 5) is 14.0. The van der Waals surface area contributed by atoms with Gasteiger partial charge >= 0.3 is 0 Å². The number of aliphatic hydroxyl groups is 1. The molecule has 2 aliphatic rings. The van der Waals surface area contributed by atoms with Crippen LogP contribution in [0.15, 0.2) is 30.3 Å². The number of piperidine rings is 1. The summed E-state index contributed by atoms with van der Waals surface area (Å²) in [6.45, 7) is 1.43. The second-order valence-corrected chi connectivity index (χ2v) is 6.14. The molecule has 1 unspecified atom stereocenters. The highest BCUT2D eigenvalue weighted by Gasteiger charge is 2.48. The molecular formula is C16H23ClN2O2. The van der Waals surface area contributed by atoms with Crippen LogP contribution >= 0.6 is 12.4 Å². The van der Waals surface area contributed by atoms with Gasteiger partial charge in [0.1, 0.15) is 0 Å². The molecule has 3 N–H and O–H groups in total. The van der Waals surface area contributed by atoms with E-state index in [9.17, 15) is 9.90 Å². The van der Waals surface area contributed by atoms with Crippen molar-refractivity contribution < 1.29 is 9.90 Å². The van der Waals surface area contributed by atoms with Crippen LogP contribution in [0.5, 0.6) is 0 Å². The molecule has 1 aromatic carbocycles. The molecule has 1 amide bonds. The standard InChI is InChI=1S/C16H22N2O2.ClH/c17-16(8-9-16)15(20)18-10-6-13(7-11-18)14(19)12-4-2-1-3-5-12;/h1-5,13-14,19H,6-11,17H2;1H. The zero-order valence-electron chi connectivity index (χ0n) is 12.1. The van der Waals surface area contributed by atoms with Gasteiger partial charge < -0.3 is 15.7 Å². The number of nitrogens with zero attached hydrogens (tertiary/aromatic N) is 1. The maximum absolute atomic E-state index is 12.2. The maximum Gasteiger partial charge on any atom is 0.242 e. The van der Waals surface area contributed by atoms with Crippen molar-refractivity contribution in [1.29, 1.82) is 0 Å². The first-order valence-corrected chi connectivity index (χ1v) is 7.41. The number of benzene rings is 1. The predicted molar refractivity (Wildman–Crippen MR) is 84.1 cm³/mol. The largest absolute Gasteiger partial charge is 0.388 e. The average Bonchev–Trinajstić information content (AvgIpc) is 3.26. The molecular weight excluding hydrogens is 288 g/mol. The third-order valence-electron chi connectivity index (χ3n) is 4.63. The number of hydrogen-bond acceptors (Lipinski definition) is 3. The molecule has 5 heteroatoms. The fourth-order valence-corrected chi connectivity index (χ4v) is 3.00. The average molecular weight is 311 g/mol. The van der Waals surface area contributed by atoms with Crippen molar-refractivity contribution in [2.24, 2.45) is 11.7 Å². The van der Waals surface area contributed by atoms with Crippen LogP contribution in [0.25, 0.3) is 0 Å². The molecule has 1 heterocycles. The molecule has 0 aromatic heterocycles. The van der Waals surface area contributed by atoms with Crippen molar-refractivity contribution in [1.82, 2.24) is 4.90 Å². The van der Waals surface area contributed by atoms with E-state index in [1.807, 2.05) is 35.2 Å². The fraction of sp³-hybridized carbons (Fsp3) is 0.562. The quantitative estimate of drug-likeness (QED) is 0.895. The first kappa shape index (κ1) is 16.3. The molecule has 21 heavy (non-hydrogen) atoms. The molecule has 1 atom stereocenters. The molecule has 0 bridgehead atoms. The van der Waals surface area contributed by atoms with Gasteiger partial charge in [0.15, 0.2) is 0 Å². The second-order valence-electron chi connectivity index (χ2n) is 6.14. The van der Waals surface area contributed by atoms with Gasteiger partial charge in [-0.15, -0.1) is 12.4 Å². The summed E-state index contributed by atoms with van der Waals surface area (Å²) in [6, 6.07) is 9.77. The maximum atomic E-state index is 12.2. The van der Waals surface area contributed by atoms with E-state index in [0.29, 0.717) is 13.1 Å². The summed E-state index contributed by atoms with van der Waals surface area (Å²) >= 11 is 0. The lowest BCUT2D eigenvalue weighted by Crippen LogP contribution is -2.49. The molecule has 0 spiro atoms. The van der Waals surface area contributed by atoms with E-state index in [-0.39, 0.29) is 24.2 Å². The van der Waals surface area contributed by atoms with Crippen LogP contribution in [0.2, 0.25) is 0 Å². The van der Waals surface area contributed by atoms with Gasteiger partial charge in [-0.05, 0) is 37.2 Å². The Labute approximate surface area is 131 Å². The topological polar surface area (TPSA) is 66.6 Å². The van der Waals surface area contributed by atoms with Crippen molar-refractivity contribution in [3.8, 4) is 0 Å². The van der Waals surface area contributed by atoms with E-state index in [1.54, 1.807) is 0 Å². The van der Waals surface area contributed by atoms with E-state index in [4.69, 9.17) is 5.73 Å². The Morgan fingerprint density at radius 3 is 2.33 bits per heavy atom. The highest BCUT2D eigenvalue weighted by molar-refractivity contribution is 5.89. The number of aliphatic hydroxyl groups excluding tert-OH is 1. The van der Waals surface area contributed by atoms with Crippen LogP contribution in [0.3, 0.4) is 0 Å². The van der Waals surface area contributed by atoms with Gasteiger partial charge in [-0.25, -0.2) is 0 Å². The highest BCUT2D eigenvalue weighted by Crippen LogP contribution is 2.36. The van der Waals surface area contributed by atoms with Gasteiger partial charge in [-0.1, -0.05) is 30.3 Å². The number of carbonyl (C=O) groups excluding carboxylic acids is 1. The number of likely N-dealkylation sites (tertiary alicyclic amines) is 1. The number of rotatable bonds is 3. The van der Waals surface area contributed by atoms with Crippen LogP contribution in [-0.2, 0) is 4.79 Å².